The van der Waals surface area contributed by atoms with Crippen LogP contribution in [0.2, 0.25) is 0 Å². The Morgan fingerprint density at radius 3 is 0.792 bits per heavy atom. The van der Waals surface area contributed by atoms with E-state index in [0.29, 0.717) is 25.7 Å². The van der Waals surface area contributed by atoms with Gasteiger partial charge in [-0.1, -0.05) is 350 Å². The number of carbonyl (C=O) groups excluding carboxylic acids is 4. The van der Waals surface area contributed by atoms with Crippen LogP contribution in [0.25, 0.3) is 0 Å². The average molecular weight is 1410 g/mol. The molecule has 0 aromatic rings. The summed E-state index contributed by atoms with van der Waals surface area (Å²) in [7, 11) is -9.90. The van der Waals surface area contributed by atoms with Gasteiger partial charge in [-0.05, 0) is 37.5 Å². The first-order chi connectivity index (χ1) is 46.4. The lowest BCUT2D eigenvalue weighted by Crippen LogP contribution is -2.30. The first-order valence-electron chi connectivity index (χ1n) is 40.0. The molecule has 0 aliphatic rings. The Morgan fingerprint density at radius 2 is 0.531 bits per heavy atom. The molecule has 96 heavy (non-hydrogen) atoms. The highest BCUT2D eigenvalue weighted by molar-refractivity contribution is 7.47. The molecule has 19 heteroatoms. The minimum absolute atomic E-state index is 0.105. The minimum Gasteiger partial charge on any atom is -0.462 e. The van der Waals surface area contributed by atoms with Gasteiger partial charge in [0.15, 0.2) is 12.2 Å². The molecular formula is C77H150O17P2. The number of carbonyl (C=O) groups is 4. The Hall–Kier alpha value is -1.94. The first kappa shape index (κ1) is 94.1. The molecule has 0 aromatic carbocycles. The number of aliphatic hydroxyl groups excluding tert-OH is 1. The number of ether oxygens (including phenoxy) is 4. The number of hydrogen-bond donors (Lipinski definition) is 3. The second kappa shape index (κ2) is 68.8. The van der Waals surface area contributed by atoms with Crippen molar-refractivity contribution in [2.24, 2.45) is 11.8 Å². The average Bonchev–Trinajstić information content (AvgIpc) is 1.43. The third-order valence-corrected chi connectivity index (χ3v) is 20.2. The fraction of sp³-hybridized carbons (Fsp3) is 0.948. The first-order valence-corrected chi connectivity index (χ1v) is 43.0. The molecule has 0 fully saturated rings. The quantitative estimate of drug-likeness (QED) is 0.0222. The predicted molar refractivity (Wildman–Crippen MR) is 391 cm³/mol. The molecule has 6 atom stereocenters. The third-order valence-electron chi connectivity index (χ3n) is 18.3. The Morgan fingerprint density at radius 1 is 0.302 bits per heavy atom. The van der Waals surface area contributed by atoms with E-state index < -0.39 is 97.5 Å². The van der Waals surface area contributed by atoms with Gasteiger partial charge in [-0.3, -0.25) is 37.3 Å². The van der Waals surface area contributed by atoms with E-state index in [1.54, 1.807) is 0 Å². The molecule has 3 unspecified atom stereocenters. The number of phosphoric acid groups is 2. The van der Waals surface area contributed by atoms with Crippen molar-refractivity contribution < 1.29 is 80.2 Å². The number of phosphoric ester groups is 2. The molecule has 0 rings (SSSR count). The maximum absolute atomic E-state index is 13.1. The van der Waals surface area contributed by atoms with Crippen LogP contribution in [0, 0.1) is 11.8 Å². The topological polar surface area (TPSA) is 237 Å². The van der Waals surface area contributed by atoms with Crippen molar-refractivity contribution in [2.75, 3.05) is 39.6 Å². The molecule has 3 N–H and O–H groups in total. The summed E-state index contributed by atoms with van der Waals surface area (Å²) in [5.41, 5.74) is 0. The zero-order valence-corrected chi connectivity index (χ0v) is 64.5. The van der Waals surface area contributed by atoms with Crippen LogP contribution in [0.3, 0.4) is 0 Å². The van der Waals surface area contributed by atoms with Crippen LogP contribution in [0.5, 0.6) is 0 Å². The van der Waals surface area contributed by atoms with Crippen LogP contribution in [-0.2, 0) is 65.4 Å². The lowest BCUT2D eigenvalue weighted by Gasteiger charge is -2.21. The summed E-state index contributed by atoms with van der Waals surface area (Å²) in [6, 6.07) is 0. The highest BCUT2D eigenvalue weighted by atomic mass is 31.2. The number of aliphatic hydroxyl groups is 1. The fourth-order valence-corrected chi connectivity index (χ4v) is 13.4. The van der Waals surface area contributed by atoms with Gasteiger partial charge >= 0.3 is 39.5 Å². The molecule has 0 bridgehead atoms. The molecule has 17 nitrogen and oxygen atoms in total. The summed E-state index contributed by atoms with van der Waals surface area (Å²) in [5, 5.41) is 10.6. The van der Waals surface area contributed by atoms with Crippen LogP contribution in [0.4, 0.5) is 0 Å². The maximum Gasteiger partial charge on any atom is 0.472 e. The molecule has 0 saturated carbocycles. The summed E-state index contributed by atoms with van der Waals surface area (Å²) in [6.45, 7) is 9.57. The summed E-state index contributed by atoms with van der Waals surface area (Å²) in [6.07, 6.45) is 57.3. The molecule has 0 aliphatic heterocycles. The van der Waals surface area contributed by atoms with Crippen LogP contribution in [0.15, 0.2) is 0 Å². The van der Waals surface area contributed by atoms with Gasteiger partial charge in [-0.2, -0.15) is 0 Å². The van der Waals surface area contributed by atoms with Crippen molar-refractivity contribution >= 4 is 39.5 Å². The lowest BCUT2D eigenvalue weighted by molar-refractivity contribution is -0.161. The third kappa shape index (κ3) is 69.2. The highest BCUT2D eigenvalue weighted by Gasteiger charge is 2.30. The monoisotopic (exact) mass is 1410 g/mol. The SMILES string of the molecule is CCCCCCCCCCCCCCCCCCCCCC(=O)O[C@H](COC(=O)CCCCCCCCCCCCCCCCCC(C)C)COP(=O)(O)OC[C@@H](O)COP(=O)(O)OC[C@@H](COC(=O)CCCCCCC)OC(=O)CCCCCCCCCCCCC(C)CC. The molecular weight excluding hydrogens is 1260 g/mol. The van der Waals surface area contributed by atoms with Crippen molar-refractivity contribution in [1.29, 1.82) is 0 Å². The normalized spacial score (nSPS) is 14.3. The van der Waals surface area contributed by atoms with Gasteiger partial charge in [0.2, 0.25) is 0 Å². The lowest BCUT2D eigenvalue weighted by atomic mass is 9.99. The molecule has 0 radical (unpaired) electrons. The zero-order valence-electron chi connectivity index (χ0n) is 62.7. The Bertz CT molecular complexity index is 1860. The summed E-state index contributed by atoms with van der Waals surface area (Å²) >= 11 is 0. The largest absolute Gasteiger partial charge is 0.472 e. The van der Waals surface area contributed by atoms with E-state index in [2.05, 4.69) is 41.5 Å². The van der Waals surface area contributed by atoms with E-state index in [0.717, 1.165) is 108 Å². The van der Waals surface area contributed by atoms with E-state index in [-0.39, 0.29) is 25.7 Å². The number of unbranched alkanes of at least 4 members (excludes halogenated alkanes) is 45. The molecule has 0 spiro atoms. The minimum atomic E-state index is -4.96. The Labute approximate surface area is 588 Å². The molecule has 0 heterocycles. The van der Waals surface area contributed by atoms with Crippen LogP contribution >= 0.6 is 15.6 Å². The second-order valence-corrected chi connectivity index (χ2v) is 31.4. The maximum atomic E-state index is 13.1. The fourth-order valence-electron chi connectivity index (χ4n) is 11.8. The van der Waals surface area contributed by atoms with Crippen LogP contribution < -0.4 is 0 Å². The predicted octanol–water partition coefficient (Wildman–Crippen LogP) is 22.7. The van der Waals surface area contributed by atoms with Crippen LogP contribution in [0.1, 0.15) is 401 Å². The van der Waals surface area contributed by atoms with Gasteiger partial charge in [0, 0.05) is 25.7 Å². The smallest absolute Gasteiger partial charge is 0.462 e. The standard InChI is InChI=1S/C77H150O17P2/c1-7-10-12-14-15-16-17-18-19-20-21-22-25-29-32-38-43-49-55-61-77(82)94-73(66-88-75(80)60-54-48-42-37-31-28-26-23-24-27-30-35-40-46-51-57-69(4)5)68-92-96(85,86)90-64-71(78)63-89-95(83,84)91-67-72(65-87-74(79)59-53-45-13-11-8-2)93-76(81)62-56-50-44-39-34-33-36-41-47-52-58-70(6)9-3/h69-73,78H,7-68H2,1-6H3,(H,83,84)(H,85,86)/t70?,71-,72+,73+/m0/s1. The highest BCUT2D eigenvalue weighted by Crippen LogP contribution is 2.45. The van der Waals surface area contributed by atoms with Crippen molar-refractivity contribution in [3.63, 3.8) is 0 Å². The van der Waals surface area contributed by atoms with E-state index in [4.69, 9.17) is 37.0 Å². The van der Waals surface area contributed by atoms with Gasteiger partial charge in [0.1, 0.15) is 19.3 Å². The van der Waals surface area contributed by atoms with Gasteiger partial charge < -0.3 is 33.8 Å². The van der Waals surface area contributed by atoms with Gasteiger partial charge in [0.25, 0.3) is 0 Å². The van der Waals surface area contributed by atoms with Crippen molar-refractivity contribution in [1.82, 2.24) is 0 Å². The van der Waals surface area contributed by atoms with Gasteiger partial charge in [-0.15, -0.1) is 0 Å². The number of rotatable bonds is 76. The van der Waals surface area contributed by atoms with E-state index in [1.165, 1.54) is 212 Å². The van der Waals surface area contributed by atoms with Gasteiger partial charge in [0.05, 0.1) is 26.4 Å². The van der Waals surface area contributed by atoms with Crippen molar-refractivity contribution in [3.05, 3.63) is 0 Å². The molecule has 0 aromatic heterocycles. The van der Waals surface area contributed by atoms with Crippen molar-refractivity contribution in [2.45, 2.75) is 419 Å². The number of hydrogen-bond acceptors (Lipinski definition) is 15. The van der Waals surface area contributed by atoms with E-state index in [1.807, 2.05) is 0 Å². The zero-order chi connectivity index (χ0) is 70.7. The van der Waals surface area contributed by atoms with Crippen molar-refractivity contribution in [3.8, 4) is 0 Å². The summed E-state index contributed by atoms with van der Waals surface area (Å²) in [5.74, 6) is -0.516. The summed E-state index contributed by atoms with van der Waals surface area (Å²) in [4.78, 5) is 72.6. The molecule has 0 aliphatic carbocycles. The Balaban J connectivity index is 5.14. The summed E-state index contributed by atoms with van der Waals surface area (Å²) < 4.78 is 68.3. The molecule has 570 valence electrons. The molecule has 0 saturated heterocycles. The molecule has 0 amide bonds. The van der Waals surface area contributed by atoms with Crippen LogP contribution in [-0.4, -0.2) is 96.7 Å². The Kier molecular flexibility index (Phi) is 67.4. The van der Waals surface area contributed by atoms with Gasteiger partial charge in [-0.25, -0.2) is 9.13 Å². The number of esters is 4. The van der Waals surface area contributed by atoms with E-state index in [9.17, 15) is 43.2 Å². The second-order valence-electron chi connectivity index (χ2n) is 28.5. The van der Waals surface area contributed by atoms with E-state index >= 15 is 0 Å².